The zero-order chi connectivity index (χ0) is 26.0. The van der Waals surface area contributed by atoms with Gasteiger partial charge in [0.05, 0.1) is 34.1 Å². The number of amides is 1. The van der Waals surface area contributed by atoms with E-state index >= 15 is 0 Å². The number of hydrogen-bond donors (Lipinski definition) is 3. The van der Waals surface area contributed by atoms with Gasteiger partial charge in [0.15, 0.2) is 0 Å². The maximum Gasteiger partial charge on any atom is 0.333 e. The number of aromatic nitrogens is 4. The Hall–Kier alpha value is -4.70. The van der Waals surface area contributed by atoms with Gasteiger partial charge >= 0.3 is 5.69 Å². The van der Waals surface area contributed by atoms with Crippen molar-refractivity contribution in [2.24, 2.45) is 18.5 Å². The molecule has 5 N–H and O–H groups in total. The molecule has 3 aromatic heterocycles. The molecule has 1 amide bonds. The number of ether oxygens (including phenoxy) is 1. The van der Waals surface area contributed by atoms with Gasteiger partial charge in [-0.1, -0.05) is 12.6 Å². The third-order valence-corrected chi connectivity index (χ3v) is 5.80. The van der Waals surface area contributed by atoms with Crippen LogP contribution in [0, 0.1) is 6.92 Å². The Morgan fingerprint density at radius 3 is 2.72 bits per heavy atom. The molecule has 0 saturated heterocycles. The Bertz CT molecular complexity index is 1630. The van der Waals surface area contributed by atoms with Gasteiger partial charge in [-0.05, 0) is 54.5 Å². The Kier molecular flexibility index (Phi) is 6.71. The van der Waals surface area contributed by atoms with E-state index in [9.17, 15) is 9.59 Å². The number of nitrogens with zero attached hydrogens (tertiary/aromatic N) is 4. The number of carbonyl (C=O) groups is 1. The number of imidazole rings is 1. The van der Waals surface area contributed by atoms with E-state index < -0.39 is 0 Å². The van der Waals surface area contributed by atoms with Crippen LogP contribution in [-0.2, 0) is 16.6 Å². The molecule has 4 aromatic rings. The lowest BCUT2D eigenvalue weighted by Gasteiger charge is -2.11. The fourth-order valence-corrected chi connectivity index (χ4v) is 4.04. The number of aryl methyl sites for hydroxylation is 2. The first kappa shape index (κ1) is 24.4. The molecule has 0 aliphatic rings. The highest BCUT2D eigenvalue weighted by molar-refractivity contribution is 6.04. The van der Waals surface area contributed by atoms with Gasteiger partial charge in [0, 0.05) is 31.4 Å². The third-order valence-electron chi connectivity index (χ3n) is 5.80. The molecule has 0 fully saturated rings. The Balaban J connectivity index is 1.95. The molecule has 0 bridgehead atoms. The van der Waals surface area contributed by atoms with Crippen LogP contribution in [0.3, 0.4) is 0 Å². The molecule has 4 rings (SSSR count). The second-order valence-corrected chi connectivity index (χ2v) is 8.15. The first-order chi connectivity index (χ1) is 17.3. The number of rotatable bonds is 7. The van der Waals surface area contributed by atoms with Gasteiger partial charge < -0.3 is 21.5 Å². The first-order valence-electron chi connectivity index (χ1n) is 11.1. The molecule has 0 unspecified atom stereocenters. The predicted octanol–water partition coefficient (Wildman–Crippen LogP) is 2.49. The zero-order valence-corrected chi connectivity index (χ0v) is 20.3. The molecule has 0 radical (unpaired) electrons. The number of carbonyl (C=O) groups excluding carboxylic acids is 1. The van der Waals surface area contributed by atoms with Crippen molar-refractivity contribution in [2.75, 3.05) is 19.0 Å². The fraction of sp³-hybridized carbons (Fsp3) is 0.154. The number of anilines is 1. The first-order valence-corrected chi connectivity index (χ1v) is 11.1. The van der Waals surface area contributed by atoms with Crippen molar-refractivity contribution in [1.29, 1.82) is 0 Å². The van der Waals surface area contributed by atoms with Crippen LogP contribution in [0.4, 0.5) is 5.82 Å². The summed E-state index contributed by atoms with van der Waals surface area (Å²) >= 11 is 0. The summed E-state index contributed by atoms with van der Waals surface area (Å²) in [6, 6.07) is 9.08. The normalized spacial score (nSPS) is 12.3. The molecule has 3 heterocycles. The van der Waals surface area contributed by atoms with Crippen LogP contribution >= 0.6 is 0 Å². The maximum atomic E-state index is 13.4. The van der Waals surface area contributed by atoms with E-state index in [-0.39, 0.29) is 18.2 Å². The van der Waals surface area contributed by atoms with Gasteiger partial charge in [0.2, 0.25) is 0 Å². The van der Waals surface area contributed by atoms with Crippen molar-refractivity contribution in [3.05, 3.63) is 88.9 Å². The lowest BCUT2D eigenvalue weighted by atomic mass is 10.0. The molecule has 10 nitrogen and oxygen atoms in total. The topological polar surface area (TPSA) is 143 Å². The standard InChI is InChI=1S/C26H27N7O3/c1-5-18(28)10-17(12-27)16-6-7-20-19(11-16)25-22(13-29-20)32(3)26(35)33(25)21-8-9-23(30-15(21)2)31-24(34)14-36-4/h5-13H,1,14,27-28H2,2-4H3,(H,30,31,34)/b17-12+,18-10+. The highest BCUT2D eigenvalue weighted by Crippen LogP contribution is 2.29. The van der Waals surface area contributed by atoms with E-state index in [1.165, 1.54) is 24.0 Å². The summed E-state index contributed by atoms with van der Waals surface area (Å²) in [5.41, 5.74) is 16.7. The van der Waals surface area contributed by atoms with Crippen LogP contribution in [0.1, 0.15) is 11.3 Å². The summed E-state index contributed by atoms with van der Waals surface area (Å²) in [6.07, 6.45) is 6.40. The van der Waals surface area contributed by atoms with Crippen LogP contribution in [0.15, 0.2) is 72.0 Å². The molecule has 0 aliphatic carbocycles. The number of pyridine rings is 2. The van der Waals surface area contributed by atoms with E-state index in [0.717, 1.165) is 10.9 Å². The minimum absolute atomic E-state index is 0.0839. The lowest BCUT2D eigenvalue weighted by molar-refractivity contribution is -0.119. The third kappa shape index (κ3) is 4.37. The van der Waals surface area contributed by atoms with Crippen molar-refractivity contribution in [3.63, 3.8) is 0 Å². The second-order valence-electron chi connectivity index (χ2n) is 8.15. The summed E-state index contributed by atoms with van der Waals surface area (Å²) in [6.45, 7) is 5.38. The smallest absolute Gasteiger partial charge is 0.333 e. The van der Waals surface area contributed by atoms with E-state index in [2.05, 4.69) is 21.9 Å². The second kappa shape index (κ2) is 9.88. The molecule has 36 heavy (non-hydrogen) atoms. The van der Waals surface area contributed by atoms with Gasteiger partial charge in [0.25, 0.3) is 5.91 Å². The van der Waals surface area contributed by atoms with Crippen LogP contribution in [0.2, 0.25) is 0 Å². The monoisotopic (exact) mass is 485 g/mol. The molecule has 0 aliphatic heterocycles. The molecular formula is C26H27N7O3. The van der Waals surface area contributed by atoms with Crippen molar-refractivity contribution in [1.82, 2.24) is 19.1 Å². The SMILES string of the molecule is C=C/C(N)=C\C(=C/N)c1ccc2ncc3c(c2c1)n(-c1ccc(NC(=O)COC)nc1C)c(=O)n3C. The summed E-state index contributed by atoms with van der Waals surface area (Å²) in [5.74, 6) is 0.0451. The molecular weight excluding hydrogens is 458 g/mol. The van der Waals surface area contributed by atoms with E-state index in [4.69, 9.17) is 16.2 Å². The average Bonchev–Trinajstić information content (AvgIpc) is 3.12. The van der Waals surface area contributed by atoms with Crippen LogP contribution in [-0.4, -0.2) is 38.7 Å². The minimum Gasteiger partial charge on any atom is -0.404 e. The zero-order valence-electron chi connectivity index (χ0n) is 20.3. The van der Waals surface area contributed by atoms with Gasteiger partial charge in [0.1, 0.15) is 12.4 Å². The fourth-order valence-electron chi connectivity index (χ4n) is 4.04. The Labute approximate surface area is 207 Å². The number of nitrogens with one attached hydrogen (secondary N) is 1. The van der Waals surface area contributed by atoms with Crippen molar-refractivity contribution in [3.8, 4) is 5.69 Å². The van der Waals surface area contributed by atoms with Gasteiger partial charge in [-0.3, -0.25) is 18.9 Å². The average molecular weight is 486 g/mol. The van der Waals surface area contributed by atoms with Crippen molar-refractivity contribution in [2.45, 2.75) is 6.92 Å². The number of nitrogens with two attached hydrogens (primary N) is 2. The number of methoxy groups -OCH3 is 1. The summed E-state index contributed by atoms with van der Waals surface area (Å²) in [7, 11) is 3.13. The molecule has 0 spiro atoms. The highest BCUT2D eigenvalue weighted by atomic mass is 16.5. The van der Waals surface area contributed by atoms with E-state index in [1.54, 1.807) is 42.9 Å². The lowest BCUT2D eigenvalue weighted by Crippen LogP contribution is -2.22. The number of hydrogen-bond acceptors (Lipinski definition) is 7. The highest BCUT2D eigenvalue weighted by Gasteiger charge is 2.19. The summed E-state index contributed by atoms with van der Waals surface area (Å²) in [4.78, 5) is 34.3. The molecule has 184 valence electrons. The minimum atomic E-state index is -0.320. The number of allylic oxidation sites excluding steroid dienone is 3. The summed E-state index contributed by atoms with van der Waals surface area (Å²) < 4.78 is 7.99. The van der Waals surface area contributed by atoms with Crippen molar-refractivity contribution < 1.29 is 9.53 Å². The van der Waals surface area contributed by atoms with Crippen LogP contribution < -0.4 is 22.5 Å². The van der Waals surface area contributed by atoms with Crippen LogP contribution in [0.25, 0.3) is 33.2 Å². The van der Waals surface area contributed by atoms with E-state index in [0.29, 0.717) is 45.0 Å². The van der Waals surface area contributed by atoms with Crippen molar-refractivity contribution >= 4 is 39.2 Å². The molecule has 1 aromatic carbocycles. The maximum absolute atomic E-state index is 13.4. The quantitative estimate of drug-likeness (QED) is 0.341. The predicted molar refractivity (Wildman–Crippen MR) is 141 cm³/mol. The summed E-state index contributed by atoms with van der Waals surface area (Å²) in [5, 5.41) is 3.43. The van der Waals surface area contributed by atoms with Gasteiger partial charge in [-0.25, -0.2) is 9.78 Å². The molecule has 0 saturated carbocycles. The van der Waals surface area contributed by atoms with Gasteiger partial charge in [-0.15, -0.1) is 0 Å². The number of benzene rings is 1. The van der Waals surface area contributed by atoms with E-state index in [1.807, 2.05) is 18.2 Å². The molecule has 10 heteroatoms. The van der Waals surface area contributed by atoms with Crippen LogP contribution in [0.5, 0.6) is 0 Å². The molecule has 0 atom stereocenters. The number of fused-ring (bicyclic) bond motifs is 3. The Morgan fingerprint density at radius 2 is 2.06 bits per heavy atom. The largest absolute Gasteiger partial charge is 0.404 e. The van der Waals surface area contributed by atoms with Gasteiger partial charge in [-0.2, -0.15) is 0 Å². The Morgan fingerprint density at radius 1 is 1.28 bits per heavy atom.